The van der Waals surface area contributed by atoms with E-state index in [9.17, 15) is 5.11 Å². The average Bonchev–Trinajstić information content (AvgIpc) is 3.19. The van der Waals surface area contributed by atoms with E-state index in [1.54, 1.807) is 31.6 Å². The van der Waals surface area contributed by atoms with Crippen molar-refractivity contribution in [2.75, 3.05) is 7.11 Å². The van der Waals surface area contributed by atoms with E-state index in [1.807, 2.05) is 41.4 Å². The first-order valence-corrected chi connectivity index (χ1v) is 9.13. The fraction of sp³-hybridized carbons (Fsp3) is 0.182. The first-order valence-electron chi connectivity index (χ1n) is 9.13. The van der Waals surface area contributed by atoms with E-state index in [4.69, 9.17) is 14.6 Å². The Kier molecular flexibility index (Phi) is 3.90. The minimum atomic E-state index is -0.405. The van der Waals surface area contributed by atoms with Gasteiger partial charge in [0.25, 0.3) is 0 Å². The lowest BCUT2D eigenvalue weighted by atomic mass is 9.95. The number of phenolic OH excluding ortho intramolecular Hbond substituents is 1. The summed E-state index contributed by atoms with van der Waals surface area (Å²) in [6, 6.07) is 17.0. The lowest BCUT2D eigenvalue weighted by Gasteiger charge is -2.38. The number of pyridine rings is 1. The number of rotatable bonds is 3. The number of aromatic nitrogens is 1. The second kappa shape index (κ2) is 6.56. The van der Waals surface area contributed by atoms with Crippen LogP contribution in [0.15, 0.2) is 72.1 Å². The van der Waals surface area contributed by atoms with Crippen LogP contribution in [-0.2, 0) is 0 Å². The van der Waals surface area contributed by atoms with E-state index in [1.165, 1.54) is 0 Å². The van der Waals surface area contributed by atoms with E-state index < -0.39 is 6.23 Å². The van der Waals surface area contributed by atoms with Gasteiger partial charge in [-0.3, -0.25) is 4.98 Å². The second-order valence-electron chi connectivity index (χ2n) is 6.83. The third-order valence-corrected chi connectivity index (χ3v) is 5.15. The van der Waals surface area contributed by atoms with Crippen molar-refractivity contribution in [2.24, 2.45) is 5.10 Å². The highest BCUT2D eigenvalue weighted by Crippen LogP contribution is 2.50. The maximum atomic E-state index is 9.87. The van der Waals surface area contributed by atoms with Crippen LogP contribution < -0.4 is 9.47 Å². The highest BCUT2D eigenvalue weighted by molar-refractivity contribution is 6.02. The molecule has 28 heavy (non-hydrogen) atoms. The van der Waals surface area contributed by atoms with Crippen molar-refractivity contribution in [3.05, 3.63) is 83.7 Å². The molecule has 0 spiro atoms. The highest BCUT2D eigenvalue weighted by atomic mass is 16.5. The maximum Gasteiger partial charge on any atom is 0.215 e. The van der Waals surface area contributed by atoms with Crippen LogP contribution in [0.2, 0.25) is 0 Å². The Hall–Kier alpha value is -3.54. The van der Waals surface area contributed by atoms with Crippen molar-refractivity contribution in [1.29, 1.82) is 0 Å². The molecule has 2 aromatic carbocycles. The van der Waals surface area contributed by atoms with Crippen LogP contribution in [0.5, 0.6) is 17.2 Å². The van der Waals surface area contributed by atoms with Crippen molar-refractivity contribution in [2.45, 2.75) is 18.7 Å². The summed E-state index contributed by atoms with van der Waals surface area (Å²) >= 11 is 0. The van der Waals surface area contributed by atoms with Crippen LogP contribution in [0.4, 0.5) is 0 Å². The molecule has 6 nitrogen and oxygen atoms in total. The van der Waals surface area contributed by atoms with Gasteiger partial charge < -0.3 is 14.6 Å². The average molecular weight is 373 g/mol. The Balaban J connectivity index is 1.63. The van der Waals surface area contributed by atoms with Gasteiger partial charge in [0, 0.05) is 35.5 Å². The van der Waals surface area contributed by atoms with Gasteiger partial charge in [0.15, 0.2) is 11.5 Å². The Morgan fingerprint density at radius 3 is 2.82 bits per heavy atom. The van der Waals surface area contributed by atoms with Gasteiger partial charge in [-0.1, -0.05) is 30.3 Å². The summed E-state index contributed by atoms with van der Waals surface area (Å²) in [5.41, 5.74) is 3.78. The normalized spacial score (nSPS) is 20.0. The van der Waals surface area contributed by atoms with E-state index in [0.29, 0.717) is 12.2 Å². The summed E-state index contributed by atoms with van der Waals surface area (Å²) in [7, 11) is 1.65. The van der Waals surface area contributed by atoms with E-state index in [2.05, 4.69) is 11.1 Å². The molecule has 0 aliphatic carbocycles. The number of hydrazone groups is 1. The van der Waals surface area contributed by atoms with Gasteiger partial charge in [-0.25, -0.2) is 5.01 Å². The molecule has 5 rings (SSSR count). The van der Waals surface area contributed by atoms with Crippen LogP contribution in [0, 0.1) is 0 Å². The number of fused-ring (bicyclic) bond motifs is 3. The van der Waals surface area contributed by atoms with E-state index in [0.717, 1.165) is 28.2 Å². The Labute approximate surface area is 162 Å². The minimum Gasteiger partial charge on any atom is -0.508 e. The van der Waals surface area contributed by atoms with Gasteiger partial charge in [-0.2, -0.15) is 5.10 Å². The first kappa shape index (κ1) is 16.6. The Bertz CT molecular complexity index is 1050. The van der Waals surface area contributed by atoms with Crippen LogP contribution >= 0.6 is 0 Å². The molecule has 0 saturated heterocycles. The van der Waals surface area contributed by atoms with Crippen LogP contribution in [0.1, 0.15) is 35.4 Å². The predicted octanol–water partition coefficient (Wildman–Crippen LogP) is 4.04. The SMILES string of the molecule is COc1cccc2c1O[C@H](c1cccnc1)N1N=C(c3cccc(O)c3)C[C@@H]21. The maximum absolute atomic E-state index is 9.87. The Morgan fingerprint density at radius 2 is 2.04 bits per heavy atom. The Morgan fingerprint density at radius 1 is 1.14 bits per heavy atom. The molecule has 140 valence electrons. The van der Waals surface area contributed by atoms with Crippen LogP contribution in [0.3, 0.4) is 0 Å². The van der Waals surface area contributed by atoms with Gasteiger partial charge >= 0.3 is 0 Å². The van der Waals surface area contributed by atoms with Gasteiger partial charge in [-0.15, -0.1) is 0 Å². The lowest BCUT2D eigenvalue weighted by molar-refractivity contribution is -0.0211. The fourth-order valence-corrected chi connectivity index (χ4v) is 3.85. The highest BCUT2D eigenvalue weighted by Gasteiger charge is 2.42. The molecule has 6 heteroatoms. The van der Waals surface area contributed by atoms with Gasteiger partial charge in [0.05, 0.1) is 18.9 Å². The molecule has 1 aromatic heterocycles. The van der Waals surface area contributed by atoms with E-state index in [-0.39, 0.29) is 11.8 Å². The summed E-state index contributed by atoms with van der Waals surface area (Å²) in [6.45, 7) is 0. The largest absolute Gasteiger partial charge is 0.508 e. The summed E-state index contributed by atoms with van der Waals surface area (Å²) in [6.07, 6.45) is 3.84. The molecule has 3 aromatic rings. The number of ether oxygens (including phenoxy) is 2. The van der Waals surface area contributed by atoms with Gasteiger partial charge in [-0.05, 0) is 24.3 Å². The van der Waals surface area contributed by atoms with E-state index >= 15 is 0 Å². The van der Waals surface area contributed by atoms with Gasteiger partial charge in [0.1, 0.15) is 5.75 Å². The third kappa shape index (κ3) is 2.65. The number of nitrogens with zero attached hydrogens (tertiary/aromatic N) is 3. The van der Waals surface area contributed by atoms with Crippen LogP contribution in [0.25, 0.3) is 0 Å². The van der Waals surface area contributed by atoms with Crippen molar-refractivity contribution < 1.29 is 14.6 Å². The van der Waals surface area contributed by atoms with Gasteiger partial charge in [0.2, 0.25) is 6.23 Å². The lowest BCUT2D eigenvalue weighted by Crippen LogP contribution is -2.33. The van der Waals surface area contributed by atoms with Crippen molar-refractivity contribution in [1.82, 2.24) is 9.99 Å². The molecular weight excluding hydrogens is 354 g/mol. The molecule has 0 amide bonds. The molecule has 0 bridgehead atoms. The molecule has 2 atom stereocenters. The number of methoxy groups -OCH3 is 1. The van der Waals surface area contributed by atoms with Crippen molar-refractivity contribution >= 4 is 5.71 Å². The third-order valence-electron chi connectivity index (χ3n) is 5.15. The molecule has 3 heterocycles. The summed E-state index contributed by atoms with van der Waals surface area (Å²) in [5, 5.41) is 16.7. The number of benzene rings is 2. The van der Waals surface area contributed by atoms with Crippen molar-refractivity contribution in [3.63, 3.8) is 0 Å². The summed E-state index contributed by atoms with van der Waals surface area (Å²) in [4.78, 5) is 4.24. The molecule has 2 aliphatic heterocycles. The van der Waals surface area contributed by atoms with Crippen molar-refractivity contribution in [3.8, 4) is 17.2 Å². The topological polar surface area (TPSA) is 67.2 Å². The molecule has 1 N–H and O–H groups in total. The minimum absolute atomic E-state index is 0.0152. The standard InChI is InChI=1S/C22H19N3O3/c1-27-20-9-3-8-17-19-12-18(14-5-2-7-16(26)11-14)24-25(19)22(28-21(17)20)15-6-4-10-23-13-15/h2-11,13,19,22,26H,12H2,1H3/t19-,22+/m0/s1. The number of hydrogen-bond acceptors (Lipinski definition) is 6. The molecule has 0 saturated carbocycles. The quantitative estimate of drug-likeness (QED) is 0.751. The number of aromatic hydroxyl groups is 1. The zero-order chi connectivity index (χ0) is 19.1. The second-order valence-corrected chi connectivity index (χ2v) is 6.83. The number of para-hydroxylation sites is 1. The molecule has 0 radical (unpaired) electrons. The molecule has 2 aliphatic rings. The zero-order valence-corrected chi connectivity index (χ0v) is 15.3. The monoisotopic (exact) mass is 373 g/mol. The number of phenols is 1. The fourth-order valence-electron chi connectivity index (χ4n) is 3.85. The summed E-state index contributed by atoms with van der Waals surface area (Å²) < 4.78 is 11.9. The zero-order valence-electron chi connectivity index (χ0n) is 15.3. The molecule has 0 fully saturated rings. The van der Waals surface area contributed by atoms with Crippen LogP contribution in [-0.4, -0.2) is 27.9 Å². The number of hydrogen-bond donors (Lipinski definition) is 1. The summed E-state index contributed by atoms with van der Waals surface area (Å²) in [5.74, 6) is 1.68. The predicted molar refractivity (Wildman–Crippen MR) is 104 cm³/mol. The molecular formula is C22H19N3O3. The first-order chi connectivity index (χ1) is 13.7. The smallest absolute Gasteiger partial charge is 0.215 e. The molecule has 0 unspecified atom stereocenters.